The summed E-state index contributed by atoms with van der Waals surface area (Å²) < 4.78 is 3.03. The molecule has 124 valence electrons. The molecule has 0 saturated carbocycles. The SMILES string of the molecule is C[C@H](NC(=O)Cn1c(=O)n(C)c2ccccc21)c1cccc(Cl)c1. The van der Waals surface area contributed by atoms with E-state index in [1.165, 1.54) is 4.57 Å². The van der Waals surface area contributed by atoms with Gasteiger partial charge in [0.2, 0.25) is 5.91 Å². The van der Waals surface area contributed by atoms with Gasteiger partial charge in [0.25, 0.3) is 0 Å². The largest absolute Gasteiger partial charge is 0.348 e. The number of aromatic nitrogens is 2. The van der Waals surface area contributed by atoms with Crippen molar-refractivity contribution in [1.82, 2.24) is 14.5 Å². The second kappa shape index (κ2) is 6.53. The monoisotopic (exact) mass is 343 g/mol. The maximum absolute atomic E-state index is 12.4. The Kier molecular flexibility index (Phi) is 4.44. The van der Waals surface area contributed by atoms with Crippen LogP contribution in [0, 0.1) is 0 Å². The Morgan fingerprint density at radius 3 is 2.58 bits per heavy atom. The zero-order valence-corrected chi connectivity index (χ0v) is 14.2. The third-order valence-electron chi connectivity index (χ3n) is 4.08. The van der Waals surface area contributed by atoms with Crippen LogP contribution in [-0.2, 0) is 18.4 Å². The predicted molar refractivity (Wildman–Crippen MR) is 95.2 cm³/mol. The summed E-state index contributed by atoms with van der Waals surface area (Å²) in [6, 6.07) is 14.6. The number of aryl methyl sites for hydroxylation is 1. The van der Waals surface area contributed by atoms with E-state index in [0.29, 0.717) is 5.02 Å². The van der Waals surface area contributed by atoms with E-state index in [1.54, 1.807) is 17.7 Å². The van der Waals surface area contributed by atoms with Gasteiger partial charge in [-0.05, 0) is 36.8 Å². The number of carbonyl (C=O) groups excluding carboxylic acids is 1. The highest BCUT2D eigenvalue weighted by Crippen LogP contribution is 2.17. The van der Waals surface area contributed by atoms with Gasteiger partial charge >= 0.3 is 5.69 Å². The number of hydrogen-bond donors (Lipinski definition) is 1. The minimum atomic E-state index is -0.221. The quantitative estimate of drug-likeness (QED) is 0.792. The molecule has 0 aliphatic heterocycles. The van der Waals surface area contributed by atoms with Crippen molar-refractivity contribution >= 4 is 28.5 Å². The van der Waals surface area contributed by atoms with Crippen LogP contribution in [0.1, 0.15) is 18.5 Å². The number of amides is 1. The summed E-state index contributed by atoms with van der Waals surface area (Å²) >= 11 is 5.98. The van der Waals surface area contributed by atoms with Gasteiger partial charge in [-0.25, -0.2) is 4.79 Å². The summed E-state index contributed by atoms with van der Waals surface area (Å²) in [6.45, 7) is 1.86. The first kappa shape index (κ1) is 16.3. The standard InChI is InChI=1S/C18H18ClN3O2/c1-12(13-6-5-7-14(19)10-13)20-17(23)11-22-16-9-4-3-8-15(16)21(2)18(22)24/h3-10,12H,11H2,1-2H3,(H,20,23)/t12-/m0/s1. The van der Waals surface area contributed by atoms with Crippen LogP contribution in [0.5, 0.6) is 0 Å². The first-order valence-electron chi connectivity index (χ1n) is 7.66. The molecular formula is C18H18ClN3O2. The van der Waals surface area contributed by atoms with Gasteiger partial charge in [-0.1, -0.05) is 35.9 Å². The van der Waals surface area contributed by atoms with Crippen LogP contribution in [0.25, 0.3) is 11.0 Å². The Balaban J connectivity index is 1.81. The van der Waals surface area contributed by atoms with E-state index in [1.807, 2.05) is 49.4 Å². The van der Waals surface area contributed by atoms with Gasteiger partial charge in [0.05, 0.1) is 17.1 Å². The Morgan fingerprint density at radius 2 is 1.88 bits per heavy atom. The zero-order valence-electron chi connectivity index (χ0n) is 13.5. The average Bonchev–Trinajstić information content (AvgIpc) is 2.80. The number of fused-ring (bicyclic) bond motifs is 1. The summed E-state index contributed by atoms with van der Waals surface area (Å²) in [5.74, 6) is -0.221. The summed E-state index contributed by atoms with van der Waals surface area (Å²) in [5.41, 5.74) is 2.26. The lowest BCUT2D eigenvalue weighted by atomic mass is 10.1. The topological polar surface area (TPSA) is 56.0 Å². The lowest BCUT2D eigenvalue weighted by Crippen LogP contribution is -2.34. The highest BCUT2D eigenvalue weighted by atomic mass is 35.5. The van der Waals surface area contributed by atoms with Gasteiger partial charge in [0, 0.05) is 12.1 Å². The molecule has 6 heteroatoms. The lowest BCUT2D eigenvalue weighted by Gasteiger charge is -2.15. The molecule has 24 heavy (non-hydrogen) atoms. The van der Waals surface area contributed by atoms with Crippen molar-refractivity contribution in [2.75, 3.05) is 0 Å². The maximum atomic E-state index is 12.4. The maximum Gasteiger partial charge on any atom is 0.329 e. The van der Waals surface area contributed by atoms with Crippen LogP contribution >= 0.6 is 11.6 Å². The molecule has 1 atom stereocenters. The Morgan fingerprint density at radius 1 is 1.17 bits per heavy atom. The fraction of sp³-hybridized carbons (Fsp3) is 0.222. The van der Waals surface area contributed by atoms with E-state index in [2.05, 4.69) is 5.32 Å². The molecule has 1 N–H and O–H groups in total. The van der Waals surface area contributed by atoms with Crippen molar-refractivity contribution in [2.24, 2.45) is 7.05 Å². The van der Waals surface area contributed by atoms with E-state index in [4.69, 9.17) is 11.6 Å². The van der Waals surface area contributed by atoms with Crippen LogP contribution in [0.15, 0.2) is 53.3 Å². The number of para-hydroxylation sites is 2. The second-order valence-corrected chi connectivity index (χ2v) is 6.20. The van der Waals surface area contributed by atoms with E-state index in [0.717, 1.165) is 16.6 Å². The number of benzene rings is 2. The van der Waals surface area contributed by atoms with E-state index < -0.39 is 0 Å². The third-order valence-corrected chi connectivity index (χ3v) is 4.31. The van der Waals surface area contributed by atoms with Gasteiger partial charge in [-0.3, -0.25) is 13.9 Å². The summed E-state index contributed by atoms with van der Waals surface area (Å²) in [6.07, 6.45) is 0. The summed E-state index contributed by atoms with van der Waals surface area (Å²) in [7, 11) is 1.70. The number of carbonyl (C=O) groups is 1. The number of halogens is 1. The molecule has 0 radical (unpaired) electrons. The Bertz CT molecular complexity index is 958. The highest BCUT2D eigenvalue weighted by molar-refractivity contribution is 6.30. The molecule has 0 aliphatic carbocycles. The highest BCUT2D eigenvalue weighted by Gasteiger charge is 2.15. The zero-order chi connectivity index (χ0) is 17.3. The predicted octanol–water partition coefficient (Wildman–Crippen LogP) is 2.87. The third kappa shape index (κ3) is 3.08. The summed E-state index contributed by atoms with van der Waals surface area (Å²) in [5, 5.41) is 3.53. The number of hydrogen-bond acceptors (Lipinski definition) is 2. The smallest absolute Gasteiger partial charge is 0.329 e. The fourth-order valence-electron chi connectivity index (χ4n) is 2.81. The molecule has 5 nitrogen and oxygen atoms in total. The molecule has 0 fully saturated rings. The molecule has 0 unspecified atom stereocenters. The van der Waals surface area contributed by atoms with E-state index >= 15 is 0 Å². The van der Waals surface area contributed by atoms with Crippen molar-refractivity contribution in [3.63, 3.8) is 0 Å². The van der Waals surface area contributed by atoms with Gasteiger partial charge in [0.15, 0.2) is 0 Å². The second-order valence-electron chi connectivity index (χ2n) is 5.76. The average molecular weight is 344 g/mol. The van der Waals surface area contributed by atoms with Crippen LogP contribution in [0.4, 0.5) is 0 Å². The van der Waals surface area contributed by atoms with Crippen LogP contribution in [0.2, 0.25) is 5.02 Å². The molecule has 0 saturated heterocycles. The molecule has 1 amide bonds. The Hall–Kier alpha value is -2.53. The van der Waals surface area contributed by atoms with Crippen molar-refractivity contribution in [2.45, 2.75) is 19.5 Å². The molecule has 0 bridgehead atoms. The number of rotatable bonds is 4. The molecule has 2 aromatic carbocycles. The van der Waals surface area contributed by atoms with Crippen LogP contribution in [0.3, 0.4) is 0 Å². The van der Waals surface area contributed by atoms with Gasteiger partial charge in [-0.15, -0.1) is 0 Å². The van der Waals surface area contributed by atoms with E-state index in [-0.39, 0.29) is 24.2 Å². The Labute approximate surface area is 144 Å². The normalized spacial score (nSPS) is 12.3. The molecule has 0 aliphatic rings. The fourth-order valence-corrected chi connectivity index (χ4v) is 3.00. The minimum absolute atomic E-state index is 0.0227. The van der Waals surface area contributed by atoms with Gasteiger partial charge in [-0.2, -0.15) is 0 Å². The van der Waals surface area contributed by atoms with Crippen LogP contribution in [-0.4, -0.2) is 15.0 Å². The first-order chi connectivity index (χ1) is 11.5. The molecule has 3 rings (SSSR count). The number of nitrogens with zero attached hydrogens (tertiary/aromatic N) is 2. The minimum Gasteiger partial charge on any atom is -0.348 e. The van der Waals surface area contributed by atoms with Gasteiger partial charge in [0.1, 0.15) is 6.54 Å². The molecule has 0 spiro atoms. The molecule has 1 aromatic heterocycles. The molecule has 1 heterocycles. The number of nitrogens with one attached hydrogen (secondary N) is 1. The molecule has 3 aromatic rings. The number of imidazole rings is 1. The molecular weight excluding hydrogens is 326 g/mol. The van der Waals surface area contributed by atoms with Gasteiger partial charge < -0.3 is 5.32 Å². The van der Waals surface area contributed by atoms with Crippen LogP contribution < -0.4 is 11.0 Å². The summed E-state index contributed by atoms with van der Waals surface area (Å²) in [4.78, 5) is 24.7. The van der Waals surface area contributed by atoms with Crippen molar-refractivity contribution in [3.8, 4) is 0 Å². The van der Waals surface area contributed by atoms with E-state index in [9.17, 15) is 9.59 Å². The lowest BCUT2D eigenvalue weighted by molar-refractivity contribution is -0.122. The van der Waals surface area contributed by atoms with Crippen molar-refractivity contribution < 1.29 is 4.79 Å². The van der Waals surface area contributed by atoms with Crippen molar-refractivity contribution in [3.05, 3.63) is 69.6 Å². The first-order valence-corrected chi connectivity index (χ1v) is 8.04. The van der Waals surface area contributed by atoms with Crippen molar-refractivity contribution in [1.29, 1.82) is 0 Å².